The van der Waals surface area contributed by atoms with E-state index >= 15 is 0 Å². The van der Waals surface area contributed by atoms with Crippen LogP contribution in [0.25, 0.3) is 0 Å². The largest absolute Gasteiger partial charge is 0.368 e. The van der Waals surface area contributed by atoms with Crippen LogP contribution in [0.5, 0.6) is 0 Å². The first-order chi connectivity index (χ1) is 9.51. The lowest BCUT2D eigenvalue weighted by Gasteiger charge is -2.37. The zero-order valence-corrected chi connectivity index (χ0v) is 12.9. The summed E-state index contributed by atoms with van der Waals surface area (Å²) in [6.07, 6.45) is 6.45. The van der Waals surface area contributed by atoms with E-state index in [1.165, 1.54) is 32.4 Å². The molecule has 3 unspecified atom stereocenters. The van der Waals surface area contributed by atoms with E-state index in [1.807, 2.05) is 0 Å². The van der Waals surface area contributed by atoms with Crippen LogP contribution in [-0.2, 0) is 4.79 Å². The van der Waals surface area contributed by atoms with Gasteiger partial charge in [0.2, 0.25) is 5.91 Å². The second-order valence-corrected chi connectivity index (χ2v) is 7.55. The Balaban J connectivity index is 1.71. The van der Waals surface area contributed by atoms with Gasteiger partial charge in [-0.25, -0.2) is 0 Å². The van der Waals surface area contributed by atoms with Crippen LogP contribution in [0.1, 0.15) is 46.0 Å². The summed E-state index contributed by atoms with van der Waals surface area (Å²) in [5, 5.41) is 3.53. The molecule has 2 aliphatic carbocycles. The van der Waals surface area contributed by atoms with E-state index in [0.717, 1.165) is 31.2 Å². The minimum atomic E-state index is -0.493. The molecule has 3 N–H and O–H groups in total. The molecule has 3 atom stereocenters. The third-order valence-corrected chi connectivity index (χ3v) is 5.54. The SMILES string of the molecule is CC(C)NC(CN1CC2CCCC2C1)(C(N)=O)C1CC1. The fraction of sp³-hybridized carbons (Fsp3) is 0.938. The zero-order valence-electron chi connectivity index (χ0n) is 12.9. The van der Waals surface area contributed by atoms with Gasteiger partial charge in [0, 0.05) is 25.7 Å². The molecule has 0 bridgehead atoms. The van der Waals surface area contributed by atoms with Gasteiger partial charge >= 0.3 is 0 Å². The number of rotatable bonds is 6. The number of hydrogen-bond donors (Lipinski definition) is 2. The quantitative estimate of drug-likeness (QED) is 0.771. The van der Waals surface area contributed by atoms with E-state index in [0.29, 0.717) is 12.0 Å². The number of nitrogens with one attached hydrogen (secondary N) is 1. The number of hydrogen-bond acceptors (Lipinski definition) is 3. The summed E-state index contributed by atoms with van der Waals surface area (Å²) >= 11 is 0. The van der Waals surface area contributed by atoms with Gasteiger partial charge in [-0.15, -0.1) is 0 Å². The summed E-state index contributed by atoms with van der Waals surface area (Å²) in [6, 6.07) is 0.296. The monoisotopic (exact) mass is 279 g/mol. The third kappa shape index (κ3) is 2.60. The zero-order chi connectivity index (χ0) is 14.3. The van der Waals surface area contributed by atoms with Gasteiger partial charge in [-0.05, 0) is 57.3 Å². The lowest BCUT2D eigenvalue weighted by atomic mass is 9.90. The van der Waals surface area contributed by atoms with E-state index < -0.39 is 5.54 Å². The van der Waals surface area contributed by atoms with Crippen molar-refractivity contribution in [1.82, 2.24) is 10.2 Å². The molecule has 4 nitrogen and oxygen atoms in total. The van der Waals surface area contributed by atoms with Crippen LogP contribution in [0.2, 0.25) is 0 Å². The fourth-order valence-electron chi connectivity index (χ4n) is 4.55. The Morgan fingerprint density at radius 2 is 1.85 bits per heavy atom. The number of carbonyl (C=O) groups excluding carboxylic acids is 1. The van der Waals surface area contributed by atoms with Gasteiger partial charge in [-0.2, -0.15) is 0 Å². The topological polar surface area (TPSA) is 58.4 Å². The van der Waals surface area contributed by atoms with E-state index in [-0.39, 0.29) is 5.91 Å². The molecule has 3 rings (SSSR count). The molecule has 0 aromatic heterocycles. The molecule has 0 radical (unpaired) electrons. The smallest absolute Gasteiger partial charge is 0.239 e. The Morgan fingerprint density at radius 1 is 1.25 bits per heavy atom. The molecule has 1 amide bonds. The maximum atomic E-state index is 12.2. The highest BCUT2D eigenvalue weighted by atomic mass is 16.1. The van der Waals surface area contributed by atoms with E-state index in [1.54, 1.807) is 0 Å². The molecule has 114 valence electrons. The van der Waals surface area contributed by atoms with E-state index in [2.05, 4.69) is 24.1 Å². The molecule has 0 aromatic carbocycles. The minimum Gasteiger partial charge on any atom is -0.368 e. The van der Waals surface area contributed by atoms with Crippen molar-refractivity contribution in [3.63, 3.8) is 0 Å². The van der Waals surface area contributed by atoms with Crippen LogP contribution in [-0.4, -0.2) is 42.0 Å². The highest BCUT2D eigenvalue weighted by Gasteiger charge is 2.52. The van der Waals surface area contributed by atoms with Crippen LogP contribution < -0.4 is 11.1 Å². The Bertz CT molecular complexity index is 368. The van der Waals surface area contributed by atoms with Crippen molar-refractivity contribution in [3.05, 3.63) is 0 Å². The number of primary amides is 1. The van der Waals surface area contributed by atoms with Crippen molar-refractivity contribution in [3.8, 4) is 0 Å². The van der Waals surface area contributed by atoms with E-state index in [9.17, 15) is 4.79 Å². The predicted octanol–water partition coefficient (Wildman–Crippen LogP) is 1.35. The number of fused-ring (bicyclic) bond motifs is 1. The summed E-state index contributed by atoms with van der Waals surface area (Å²) < 4.78 is 0. The summed E-state index contributed by atoms with van der Waals surface area (Å²) in [7, 11) is 0. The van der Waals surface area contributed by atoms with Crippen molar-refractivity contribution in [1.29, 1.82) is 0 Å². The predicted molar refractivity (Wildman–Crippen MR) is 80.2 cm³/mol. The first-order valence-corrected chi connectivity index (χ1v) is 8.31. The van der Waals surface area contributed by atoms with Gasteiger partial charge in [0.25, 0.3) is 0 Å². The highest BCUT2D eigenvalue weighted by Crippen LogP contribution is 2.43. The number of nitrogens with two attached hydrogens (primary N) is 1. The fourth-order valence-corrected chi connectivity index (χ4v) is 4.55. The highest BCUT2D eigenvalue weighted by molar-refractivity contribution is 5.86. The normalized spacial score (nSPS) is 33.4. The summed E-state index contributed by atoms with van der Waals surface area (Å²) in [6.45, 7) is 7.38. The van der Waals surface area contributed by atoms with Crippen LogP contribution in [0.3, 0.4) is 0 Å². The summed E-state index contributed by atoms with van der Waals surface area (Å²) in [5.41, 5.74) is 5.33. The molecule has 1 heterocycles. The summed E-state index contributed by atoms with van der Waals surface area (Å²) in [5.74, 6) is 2.05. The van der Waals surface area contributed by atoms with Gasteiger partial charge in [-0.3, -0.25) is 10.1 Å². The molecule has 0 aromatic rings. The Morgan fingerprint density at radius 3 is 2.30 bits per heavy atom. The van der Waals surface area contributed by atoms with Gasteiger partial charge in [0.15, 0.2) is 0 Å². The molecule has 4 heteroatoms. The van der Waals surface area contributed by atoms with Gasteiger partial charge in [-0.1, -0.05) is 6.42 Å². The molecule has 3 aliphatic rings. The Kier molecular flexibility index (Phi) is 3.80. The van der Waals surface area contributed by atoms with Crippen molar-refractivity contribution < 1.29 is 4.79 Å². The first-order valence-electron chi connectivity index (χ1n) is 8.31. The molecule has 0 spiro atoms. The standard InChI is InChI=1S/C16H29N3O/c1-11(2)18-16(15(17)20,14-6-7-14)10-19-8-12-4-3-5-13(12)9-19/h11-14,18H,3-10H2,1-2H3,(H2,17,20). The van der Waals surface area contributed by atoms with Crippen LogP contribution in [0, 0.1) is 17.8 Å². The number of carbonyl (C=O) groups is 1. The molecule has 3 fully saturated rings. The van der Waals surface area contributed by atoms with Crippen molar-refractivity contribution >= 4 is 5.91 Å². The Labute approximate surface area is 122 Å². The average molecular weight is 279 g/mol. The van der Waals surface area contributed by atoms with Gasteiger partial charge in [0.05, 0.1) is 0 Å². The molecule has 2 saturated carbocycles. The first kappa shape index (κ1) is 14.3. The number of amides is 1. The average Bonchev–Trinajstić information content (AvgIpc) is 3.01. The molecule has 20 heavy (non-hydrogen) atoms. The second kappa shape index (κ2) is 5.30. The maximum Gasteiger partial charge on any atom is 0.239 e. The van der Waals surface area contributed by atoms with Crippen molar-refractivity contribution in [2.45, 2.75) is 57.5 Å². The second-order valence-electron chi connectivity index (χ2n) is 7.55. The van der Waals surface area contributed by atoms with Crippen LogP contribution in [0.4, 0.5) is 0 Å². The lowest BCUT2D eigenvalue weighted by Crippen LogP contribution is -2.64. The lowest BCUT2D eigenvalue weighted by molar-refractivity contribution is -0.126. The molecular weight excluding hydrogens is 250 g/mol. The summed E-state index contributed by atoms with van der Waals surface area (Å²) in [4.78, 5) is 14.7. The third-order valence-electron chi connectivity index (χ3n) is 5.54. The van der Waals surface area contributed by atoms with Crippen LogP contribution >= 0.6 is 0 Å². The van der Waals surface area contributed by atoms with Crippen molar-refractivity contribution in [2.24, 2.45) is 23.5 Å². The molecule has 1 aliphatic heterocycles. The number of nitrogens with zero attached hydrogens (tertiary/aromatic N) is 1. The van der Waals surface area contributed by atoms with E-state index in [4.69, 9.17) is 5.73 Å². The Hall–Kier alpha value is -0.610. The molecular formula is C16H29N3O. The van der Waals surface area contributed by atoms with Crippen LogP contribution in [0.15, 0.2) is 0 Å². The van der Waals surface area contributed by atoms with Crippen molar-refractivity contribution in [2.75, 3.05) is 19.6 Å². The molecule has 1 saturated heterocycles. The number of likely N-dealkylation sites (tertiary alicyclic amines) is 1. The van der Waals surface area contributed by atoms with Gasteiger partial charge in [0.1, 0.15) is 5.54 Å². The van der Waals surface area contributed by atoms with Gasteiger partial charge < -0.3 is 10.6 Å². The maximum absolute atomic E-state index is 12.2. The minimum absolute atomic E-state index is 0.147.